The summed E-state index contributed by atoms with van der Waals surface area (Å²) in [5, 5.41) is 4.26. The van der Waals surface area contributed by atoms with Gasteiger partial charge in [-0.25, -0.2) is 0 Å². The van der Waals surface area contributed by atoms with Crippen molar-refractivity contribution in [2.75, 3.05) is 13.1 Å². The van der Waals surface area contributed by atoms with Gasteiger partial charge in [-0.1, -0.05) is 20.8 Å². The Morgan fingerprint density at radius 2 is 2.14 bits per heavy atom. The molecule has 0 atom stereocenters. The van der Waals surface area contributed by atoms with Crippen LogP contribution in [-0.4, -0.2) is 27.8 Å². The molecule has 0 N–H and O–H groups in total. The van der Waals surface area contributed by atoms with Crippen LogP contribution in [0.4, 0.5) is 0 Å². The average Bonchev–Trinajstić information content (AvgIpc) is 2.63. The van der Waals surface area contributed by atoms with Crippen molar-refractivity contribution < 1.29 is 0 Å². The van der Waals surface area contributed by atoms with Gasteiger partial charge in [0.05, 0.1) is 6.20 Å². The Balaban J connectivity index is 0.000000461. The van der Waals surface area contributed by atoms with Crippen LogP contribution in [-0.2, 0) is 20.0 Å². The molecule has 2 heterocycles. The number of fused-ring (bicyclic) bond motifs is 1. The summed E-state index contributed by atoms with van der Waals surface area (Å²) in [5.74, 6) is 0. The molecule has 0 amide bonds. The van der Waals surface area contributed by atoms with Crippen molar-refractivity contribution >= 4 is 0 Å². The summed E-state index contributed by atoms with van der Waals surface area (Å²) >= 11 is 0. The Labute approximate surface area is 86.7 Å². The van der Waals surface area contributed by atoms with Crippen molar-refractivity contribution in [1.82, 2.24) is 14.7 Å². The van der Waals surface area contributed by atoms with Crippen molar-refractivity contribution in [3.8, 4) is 0 Å². The monoisotopic (exact) mass is 195 g/mol. The molecule has 2 rings (SSSR count). The molecule has 1 aromatic heterocycles. The number of hydrogen-bond donors (Lipinski definition) is 0. The van der Waals surface area contributed by atoms with Gasteiger partial charge >= 0.3 is 0 Å². The van der Waals surface area contributed by atoms with E-state index in [9.17, 15) is 0 Å². The lowest BCUT2D eigenvalue weighted by atomic mass is 10.1. The fourth-order valence-corrected chi connectivity index (χ4v) is 1.82. The number of aromatic nitrogens is 2. The Morgan fingerprint density at radius 1 is 1.43 bits per heavy atom. The predicted molar refractivity (Wildman–Crippen MR) is 59.2 cm³/mol. The highest BCUT2D eigenvalue weighted by molar-refractivity contribution is 5.20. The summed E-state index contributed by atoms with van der Waals surface area (Å²) in [4.78, 5) is 2.45. The molecule has 14 heavy (non-hydrogen) atoms. The Bertz CT molecular complexity index is 278. The summed E-state index contributed by atoms with van der Waals surface area (Å²) in [6.45, 7) is 9.62. The van der Waals surface area contributed by atoms with E-state index >= 15 is 0 Å². The van der Waals surface area contributed by atoms with Gasteiger partial charge in [0.15, 0.2) is 0 Å². The van der Waals surface area contributed by atoms with Gasteiger partial charge in [-0.3, -0.25) is 9.58 Å². The van der Waals surface area contributed by atoms with Crippen molar-refractivity contribution in [3.63, 3.8) is 0 Å². The van der Waals surface area contributed by atoms with Gasteiger partial charge in [0.25, 0.3) is 0 Å². The van der Waals surface area contributed by atoms with Crippen molar-refractivity contribution in [3.05, 3.63) is 17.5 Å². The summed E-state index contributed by atoms with van der Waals surface area (Å²) < 4.78 is 2.00. The highest BCUT2D eigenvalue weighted by atomic mass is 15.3. The highest BCUT2D eigenvalue weighted by Gasteiger charge is 2.17. The molecular weight excluding hydrogens is 174 g/mol. The first kappa shape index (κ1) is 11.2. The zero-order valence-corrected chi connectivity index (χ0v) is 9.75. The normalized spacial score (nSPS) is 15.7. The second kappa shape index (κ2) is 5.15. The molecule has 0 fully saturated rings. The Hall–Kier alpha value is -0.830. The topological polar surface area (TPSA) is 21.1 Å². The molecule has 1 aliphatic heterocycles. The van der Waals surface area contributed by atoms with E-state index in [-0.39, 0.29) is 0 Å². The Kier molecular flexibility index (Phi) is 4.14. The number of aryl methyl sites for hydroxylation is 1. The van der Waals surface area contributed by atoms with Gasteiger partial charge in [0, 0.05) is 37.8 Å². The third kappa shape index (κ3) is 2.15. The smallest absolute Gasteiger partial charge is 0.0537 e. The summed E-state index contributed by atoms with van der Waals surface area (Å²) in [6, 6.07) is 0. The van der Waals surface area contributed by atoms with Gasteiger partial charge in [0.2, 0.25) is 0 Å². The van der Waals surface area contributed by atoms with E-state index in [0.717, 1.165) is 19.5 Å². The number of likely N-dealkylation sites (N-methyl/N-ethyl adjacent to an activating group) is 1. The molecule has 3 heteroatoms. The molecule has 0 aliphatic carbocycles. The first-order chi connectivity index (χ1) is 6.81. The zero-order chi connectivity index (χ0) is 10.6. The SMILES string of the molecule is CC.CCN1CCc2c(cnn2C)C1. The van der Waals surface area contributed by atoms with Crippen LogP contribution in [0.15, 0.2) is 6.20 Å². The quantitative estimate of drug-likeness (QED) is 0.681. The van der Waals surface area contributed by atoms with Gasteiger partial charge in [-0.2, -0.15) is 5.10 Å². The van der Waals surface area contributed by atoms with E-state index in [1.165, 1.54) is 17.8 Å². The minimum absolute atomic E-state index is 1.08. The molecule has 1 aliphatic rings. The lowest BCUT2D eigenvalue weighted by Crippen LogP contribution is -2.30. The lowest BCUT2D eigenvalue weighted by molar-refractivity contribution is 0.265. The van der Waals surface area contributed by atoms with E-state index < -0.39 is 0 Å². The third-order valence-corrected chi connectivity index (χ3v) is 2.65. The first-order valence-electron chi connectivity index (χ1n) is 5.53. The van der Waals surface area contributed by atoms with Crippen LogP contribution in [0.25, 0.3) is 0 Å². The molecule has 3 nitrogen and oxygen atoms in total. The molecule has 0 spiro atoms. The van der Waals surface area contributed by atoms with Gasteiger partial charge in [-0.05, 0) is 6.54 Å². The average molecular weight is 195 g/mol. The number of rotatable bonds is 1. The first-order valence-corrected chi connectivity index (χ1v) is 5.53. The predicted octanol–water partition coefficient (Wildman–Crippen LogP) is 1.82. The lowest BCUT2D eigenvalue weighted by Gasteiger charge is -2.25. The maximum absolute atomic E-state index is 4.26. The summed E-state index contributed by atoms with van der Waals surface area (Å²) in [7, 11) is 2.03. The van der Waals surface area contributed by atoms with Crippen LogP contribution in [0.5, 0.6) is 0 Å². The fraction of sp³-hybridized carbons (Fsp3) is 0.727. The van der Waals surface area contributed by atoms with Crippen molar-refractivity contribution in [2.45, 2.75) is 33.7 Å². The standard InChI is InChI=1S/C9H15N3.C2H6/c1-3-12-5-4-9-8(7-12)6-10-11(9)2;1-2/h6H,3-5,7H2,1-2H3;1-2H3. The number of nitrogens with zero attached hydrogens (tertiary/aromatic N) is 3. The molecule has 0 aromatic carbocycles. The Morgan fingerprint density at radius 3 is 2.79 bits per heavy atom. The van der Waals surface area contributed by atoms with Gasteiger partial charge in [0.1, 0.15) is 0 Å². The van der Waals surface area contributed by atoms with Crippen LogP contribution in [0, 0.1) is 0 Å². The molecule has 0 saturated carbocycles. The second-order valence-electron chi connectivity index (χ2n) is 3.36. The van der Waals surface area contributed by atoms with Crippen LogP contribution in [0.2, 0.25) is 0 Å². The van der Waals surface area contributed by atoms with Gasteiger partial charge in [-0.15, -0.1) is 0 Å². The minimum Gasteiger partial charge on any atom is -0.299 e. The van der Waals surface area contributed by atoms with Crippen LogP contribution in [0.1, 0.15) is 32.0 Å². The van der Waals surface area contributed by atoms with Crippen molar-refractivity contribution in [1.29, 1.82) is 0 Å². The number of hydrogen-bond acceptors (Lipinski definition) is 2. The molecule has 80 valence electrons. The molecule has 0 bridgehead atoms. The molecule has 0 saturated heterocycles. The molecule has 0 radical (unpaired) electrons. The molecular formula is C11H21N3. The van der Waals surface area contributed by atoms with Crippen molar-refractivity contribution in [2.24, 2.45) is 7.05 Å². The third-order valence-electron chi connectivity index (χ3n) is 2.65. The van der Waals surface area contributed by atoms with E-state index in [1.54, 1.807) is 0 Å². The van der Waals surface area contributed by atoms with E-state index in [2.05, 4.69) is 16.9 Å². The van der Waals surface area contributed by atoms with Crippen LogP contribution in [0.3, 0.4) is 0 Å². The van der Waals surface area contributed by atoms with Gasteiger partial charge < -0.3 is 0 Å². The molecule has 1 aromatic rings. The maximum Gasteiger partial charge on any atom is 0.0537 e. The minimum atomic E-state index is 1.08. The largest absolute Gasteiger partial charge is 0.299 e. The van der Waals surface area contributed by atoms with Crippen LogP contribution >= 0.6 is 0 Å². The molecule has 0 unspecified atom stereocenters. The highest BCUT2D eigenvalue weighted by Crippen LogP contribution is 2.16. The second-order valence-corrected chi connectivity index (χ2v) is 3.36. The fourth-order valence-electron chi connectivity index (χ4n) is 1.82. The maximum atomic E-state index is 4.26. The van der Waals surface area contributed by atoms with Crippen LogP contribution < -0.4 is 0 Å². The van der Waals surface area contributed by atoms with E-state index in [1.807, 2.05) is 31.8 Å². The van der Waals surface area contributed by atoms with E-state index in [4.69, 9.17) is 0 Å². The van der Waals surface area contributed by atoms with E-state index in [0.29, 0.717) is 0 Å². The zero-order valence-electron chi connectivity index (χ0n) is 9.75. The summed E-state index contributed by atoms with van der Waals surface area (Å²) in [6.07, 6.45) is 3.15. The summed E-state index contributed by atoms with van der Waals surface area (Å²) in [5.41, 5.74) is 2.82.